The predicted octanol–water partition coefficient (Wildman–Crippen LogP) is 1.49. The summed E-state index contributed by atoms with van der Waals surface area (Å²) in [4.78, 5) is 12.0. The highest BCUT2D eigenvalue weighted by Gasteiger charge is 2.33. The van der Waals surface area contributed by atoms with Crippen LogP contribution in [0.5, 0.6) is 0 Å². The van der Waals surface area contributed by atoms with Crippen molar-refractivity contribution in [3.8, 4) is 0 Å². The first-order chi connectivity index (χ1) is 9.86. The molecule has 0 saturated carbocycles. The summed E-state index contributed by atoms with van der Waals surface area (Å²) in [7, 11) is -3.23. The van der Waals surface area contributed by atoms with Crippen LogP contribution < -0.4 is 10.6 Å². The van der Waals surface area contributed by atoms with Gasteiger partial charge in [-0.2, -0.15) is 11.8 Å². The van der Waals surface area contributed by atoms with Gasteiger partial charge in [0.1, 0.15) is 11.1 Å². The second-order valence-corrected chi connectivity index (χ2v) is 8.27. The zero-order valence-corrected chi connectivity index (χ0v) is 13.2. The van der Waals surface area contributed by atoms with Crippen molar-refractivity contribution in [2.45, 2.75) is 12.3 Å². The van der Waals surface area contributed by atoms with Crippen molar-refractivity contribution >= 4 is 38.7 Å². The van der Waals surface area contributed by atoms with Gasteiger partial charge in [-0.15, -0.1) is 0 Å². The molecule has 21 heavy (non-hydrogen) atoms. The van der Waals surface area contributed by atoms with Gasteiger partial charge >= 0.3 is 0 Å². The molecule has 0 radical (unpaired) electrons. The third kappa shape index (κ3) is 3.24. The summed E-state index contributed by atoms with van der Waals surface area (Å²) in [6.45, 7) is 2.20. The quantitative estimate of drug-likeness (QED) is 0.506. The molecule has 0 aromatic heterocycles. The highest BCUT2D eigenvalue weighted by molar-refractivity contribution is 8.01. The Morgan fingerprint density at radius 3 is 2.81 bits per heavy atom. The van der Waals surface area contributed by atoms with Crippen LogP contribution in [0.15, 0.2) is 18.2 Å². The number of nitro groups is 1. The number of nitro benzene ring substituents is 1. The van der Waals surface area contributed by atoms with Gasteiger partial charge in [0.2, 0.25) is 0 Å². The highest BCUT2D eigenvalue weighted by atomic mass is 32.2. The number of rotatable bonds is 4. The largest absolute Gasteiger partial charge is 0.393 e. The van der Waals surface area contributed by atoms with Crippen LogP contribution in [-0.2, 0) is 9.84 Å². The predicted molar refractivity (Wildman–Crippen MR) is 85.4 cm³/mol. The smallest absolute Gasteiger partial charge is 0.292 e. The summed E-state index contributed by atoms with van der Waals surface area (Å²) >= 11 is 1.60. The third-order valence-corrected chi connectivity index (χ3v) is 6.73. The molecule has 1 aromatic rings. The highest BCUT2D eigenvalue weighted by Crippen LogP contribution is 2.32. The molecule has 0 bridgehead atoms. The number of sulfone groups is 1. The molecule has 9 heteroatoms. The van der Waals surface area contributed by atoms with Gasteiger partial charge in [-0.05, 0) is 12.1 Å². The molecule has 2 N–H and O–H groups in total. The maximum absolute atomic E-state index is 12.2. The van der Waals surface area contributed by atoms with Crippen LogP contribution >= 0.6 is 11.8 Å². The summed E-state index contributed by atoms with van der Waals surface area (Å²) in [5, 5.41) is 10.2. The molecule has 7 nitrogen and oxygen atoms in total. The lowest BCUT2D eigenvalue weighted by atomic mass is 10.2. The molecular formula is C12H17N3O4S2. The van der Waals surface area contributed by atoms with Gasteiger partial charge in [0.05, 0.1) is 4.92 Å². The lowest BCUT2D eigenvalue weighted by molar-refractivity contribution is -0.383. The molecule has 2 rings (SSSR count). The van der Waals surface area contributed by atoms with E-state index in [1.807, 2.05) is 0 Å². The summed E-state index contributed by atoms with van der Waals surface area (Å²) < 4.78 is 24.4. The Kier molecular flexibility index (Phi) is 4.62. The van der Waals surface area contributed by atoms with Gasteiger partial charge in [-0.3, -0.25) is 10.1 Å². The SMILES string of the molecule is CCS(=O)(=O)C1CSCCN1c1ccc([N+](=O)[O-])c(N)c1. The number of benzene rings is 1. The summed E-state index contributed by atoms with van der Waals surface area (Å²) in [5.41, 5.74) is 6.18. The molecule has 0 amide bonds. The van der Waals surface area contributed by atoms with Gasteiger partial charge in [0.25, 0.3) is 5.69 Å². The molecule has 116 valence electrons. The number of nitrogens with zero attached hydrogens (tertiary/aromatic N) is 2. The first-order valence-electron chi connectivity index (χ1n) is 6.46. The van der Waals surface area contributed by atoms with Crippen LogP contribution in [0.4, 0.5) is 17.1 Å². The second kappa shape index (κ2) is 6.10. The third-order valence-electron chi connectivity index (χ3n) is 3.44. The van der Waals surface area contributed by atoms with Crippen molar-refractivity contribution in [1.82, 2.24) is 0 Å². The fourth-order valence-corrected chi connectivity index (χ4v) is 5.24. The molecule has 1 saturated heterocycles. The molecule has 1 aliphatic rings. The Bertz CT molecular complexity index is 648. The Hall–Kier alpha value is -1.48. The molecular weight excluding hydrogens is 314 g/mol. The number of thioether (sulfide) groups is 1. The maximum atomic E-state index is 12.2. The number of hydrogen-bond acceptors (Lipinski definition) is 7. The van der Waals surface area contributed by atoms with Crippen LogP contribution in [0.25, 0.3) is 0 Å². The second-order valence-electron chi connectivity index (χ2n) is 4.67. The van der Waals surface area contributed by atoms with E-state index in [1.54, 1.807) is 29.7 Å². The van der Waals surface area contributed by atoms with E-state index in [1.165, 1.54) is 12.1 Å². The van der Waals surface area contributed by atoms with Gasteiger partial charge in [0.15, 0.2) is 9.84 Å². The first kappa shape index (κ1) is 15.9. The monoisotopic (exact) mass is 331 g/mol. The number of nitrogen functional groups attached to an aromatic ring is 1. The average Bonchev–Trinajstić information content (AvgIpc) is 2.46. The minimum Gasteiger partial charge on any atom is -0.393 e. The van der Waals surface area contributed by atoms with Crippen LogP contribution in [-0.4, -0.2) is 42.5 Å². The molecule has 1 aromatic carbocycles. The standard InChI is InChI=1S/C12H17N3O4S2/c1-2-21(18,19)12-8-20-6-5-14(12)9-3-4-11(15(16)17)10(13)7-9/h3-4,7,12H,2,5-6,8,13H2,1H3. The van der Waals surface area contributed by atoms with Crippen LogP contribution in [0.2, 0.25) is 0 Å². The molecule has 1 aliphatic heterocycles. The van der Waals surface area contributed by atoms with E-state index < -0.39 is 20.1 Å². The normalized spacial score (nSPS) is 19.5. The summed E-state index contributed by atoms with van der Waals surface area (Å²) in [6.07, 6.45) is 0. The molecule has 1 unspecified atom stereocenters. The molecule has 1 fully saturated rings. The van der Waals surface area contributed by atoms with Crippen molar-refractivity contribution in [2.75, 3.05) is 34.4 Å². The number of hydrogen-bond donors (Lipinski definition) is 1. The number of nitrogens with two attached hydrogens (primary N) is 1. The van der Waals surface area contributed by atoms with Crippen molar-refractivity contribution in [3.05, 3.63) is 28.3 Å². The van der Waals surface area contributed by atoms with Crippen molar-refractivity contribution in [3.63, 3.8) is 0 Å². The van der Waals surface area contributed by atoms with E-state index >= 15 is 0 Å². The van der Waals surface area contributed by atoms with E-state index in [0.29, 0.717) is 18.0 Å². The molecule has 1 atom stereocenters. The maximum Gasteiger partial charge on any atom is 0.292 e. The Labute approximate surface area is 127 Å². The van der Waals surface area contributed by atoms with Crippen LogP contribution in [0.3, 0.4) is 0 Å². The number of anilines is 2. The van der Waals surface area contributed by atoms with Crippen molar-refractivity contribution in [1.29, 1.82) is 0 Å². The Balaban J connectivity index is 2.38. The van der Waals surface area contributed by atoms with Gasteiger partial charge in [-0.25, -0.2) is 8.42 Å². The fourth-order valence-electron chi connectivity index (χ4n) is 2.25. The topological polar surface area (TPSA) is 107 Å². The first-order valence-corrected chi connectivity index (χ1v) is 9.33. The summed E-state index contributed by atoms with van der Waals surface area (Å²) in [5.74, 6) is 1.37. The van der Waals surface area contributed by atoms with Crippen molar-refractivity contribution in [2.24, 2.45) is 0 Å². The van der Waals surface area contributed by atoms with Crippen LogP contribution in [0, 0.1) is 10.1 Å². The fraction of sp³-hybridized carbons (Fsp3) is 0.500. The van der Waals surface area contributed by atoms with Crippen LogP contribution in [0.1, 0.15) is 6.92 Å². The zero-order chi connectivity index (χ0) is 15.6. The Morgan fingerprint density at radius 1 is 1.52 bits per heavy atom. The molecule has 0 spiro atoms. The molecule has 1 heterocycles. The zero-order valence-electron chi connectivity index (χ0n) is 11.6. The van der Waals surface area contributed by atoms with Gasteiger partial charge in [-0.1, -0.05) is 6.92 Å². The minimum atomic E-state index is -3.23. The summed E-state index contributed by atoms with van der Waals surface area (Å²) in [6, 6.07) is 4.36. The van der Waals surface area contributed by atoms with E-state index in [9.17, 15) is 18.5 Å². The van der Waals surface area contributed by atoms with Crippen molar-refractivity contribution < 1.29 is 13.3 Å². The molecule has 0 aliphatic carbocycles. The van der Waals surface area contributed by atoms with E-state index in [-0.39, 0.29) is 17.1 Å². The van der Waals surface area contributed by atoms with E-state index in [2.05, 4.69) is 0 Å². The lowest BCUT2D eigenvalue weighted by Crippen LogP contribution is -2.48. The lowest BCUT2D eigenvalue weighted by Gasteiger charge is -2.36. The minimum absolute atomic E-state index is 0.0448. The Morgan fingerprint density at radius 2 is 2.24 bits per heavy atom. The van der Waals surface area contributed by atoms with E-state index in [4.69, 9.17) is 5.73 Å². The average molecular weight is 331 g/mol. The van der Waals surface area contributed by atoms with Gasteiger partial charge < -0.3 is 10.6 Å². The van der Waals surface area contributed by atoms with Gasteiger partial charge in [0, 0.05) is 35.6 Å². The van der Waals surface area contributed by atoms with E-state index in [0.717, 1.165) is 5.75 Å².